The molecule has 0 aliphatic rings. The molecule has 1 nitrogen and oxygen atoms in total. The Morgan fingerprint density at radius 2 is 2.00 bits per heavy atom. The SMILES string of the molecule is CC/C=C/C(O)CCc1ccccc1. The van der Waals surface area contributed by atoms with Gasteiger partial charge in [0.05, 0.1) is 6.10 Å². The molecule has 0 fully saturated rings. The van der Waals surface area contributed by atoms with Crippen molar-refractivity contribution < 1.29 is 5.11 Å². The molecule has 14 heavy (non-hydrogen) atoms. The van der Waals surface area contributed by atoms with E-state index >= 15 is 0 Å². The Balaban J connectivity index is 2.30. The summed E-state index contributed by atoms with van der Waals surface area (Å²) in [5.74, 6) is 0. The summed E-state index contributed by atoms with van der Waals surface area (Å²) in [6.07, 6.45) is 6.33. The summed E-state index contributed by atoms with van der Waals surface area (Å²) in [4.78, 5) is 0. The lowest BCUT2D eigenvalue weighted by Crippen LogP contribution is -2.03. The molecule has 0 aliphatic carbocycles. The summed E-state index contributed by atoms with van der Waals surface area (Å²) in [6, 6.07) is 10.3. The van der Waals surface area contributed by atoms with E-state index in [0.717, 1.165) is 19.3 Å². The van der Waals surface area contributed by atoms with Crippen molar-refractivity contribution in [2.24, 2.45) is 0 Å². The van der Waals surface area contributed by atoms with Crippen molar-refractivity contribution in [2.45, 2.75) is 32.3 Å². The second-order valence-corrected chi connectivity index (χ2v) is 3.43. The van der Waals surface area contributed by atoms with Gasteiger partial charge < -0.3 is 5.11 Å². The van der Waals surface area contributed by atoms with Crippen LogP contribution in [0.1, 0.15) is 25.3 Å². The first-order valence-corrected chi connectivity index (χ1v) is 5.21. The van der Waals surface area contributed by atoms with Gasteiger partial charge in [-0.3, -0.25) is 0 Å². The number of hydrogen-bond donors (Lipinski definition) is 1. The van der Waals surface area contributed by atoms with Crippen LogP contribution >= 0.6 is 0 Å². The molecule has 0 bridgehead atoms. The Morgan fingerprint density at radius 3 is 2.64 bits per heavy atom. The van der Waals surface area contributed by atoms with Gasteiger partial charge >= 0.3 is 0 Å². The highest BCUT2D eigenvalue weighted by Gasteiger charge is 1.98. The van der Waals surface area contributed by atoms with E-state index in [2.05, 4.69) is 19.1 Å². The summed E-state index contributed by atoms with van der Waals surface area (Å²) in [5, 5.41) is 9.55. The third-order valence-corrected chi connectivity index (χ3v) is 2.17. The molecule has 0 aromatic heterocycles. The number of aryl methyl sites for hydroxylation is 1. The summed E-state index contributed by atoms with van der Waals surface area (Å²) in [7, 11) is 0. The van der Waals surface area contributed by atoms with Crippen LogP contribution in [-0.4, -0.2) is 11.2 Å². The highest BCUT2D eigenvalue weighted by Crippen LogP contribution is 2.05. The molecular weight excluding hydrogens is 172 g/mol. The largest absolute Gasteiger partial charge is 0.389 e. The first-order valence-electron chi connectivity index (χ1n) is 5.21. The van der Waals surface area contributed by atoms with Crippen molar-refractivity contribution in [3.05, 3.63) is 48.0 Å². The van der Waals surface area contributed by atoms with E-state index in [1.54, 1.807) is 0 Å². The van der Waals surface area contributed by atoms with Gasteiger partial charge in [0, 0.05) is 0 Å². The van der Waals surface area contributed by atoms with Gasteiger partial charge in [0.25, 0.3) is 0 Å². The maximum atomic E-state index is 9.55. The van der Waals surface area contributed by atoms with Crippen molar-refractivity contribution in [1.29, 1.82) is 0 Å². The summed E-state index contributed by atoms with van der Waals surface area (Å²) in [5.41, 5.74) is 1.29. The first-order chi connectivity index (χ1) is 6.83. The third kappa shape index (κ3) is 4.24. The van der Waals surface area contributed by atoms with Crippen LogP contribution in [0.4, 0.5) is 0 Å². The van der Waals surface area contributed by atoms with Gasteiger partial charge in [-0.1, -0.05) is 49.4 Å². The number of aliphatic hydroxyl groups excluding tert-OH is 1. The number of allylic oxidation sites excluding steroid dienone is 1. The molecule has 0 saturated carbocycles. The van der Waals surface area contributed by atoms with Gasteiger partial charge in [-0.05, 0) is 24.8 Å². The van der Waals surface area contributed by atoms with Crippen molar-refractivity contribution in [3.63, 3.8) is 0 Å². The molecule has 0 amide bonds. The van der Waals surface area contributed by atoms with Gasteiger partial charge in [-0.25, -0.2) is 0 Å². The molecule has 0 saturated heterocycles. The van der Waals surface area contributed by atoms with Gasteiger partial charge in [-0.15, -0.1) is 0 Å². The number of hydrogen-bond acceptors (Lipinski definition) is 1. The van der Waals surface area contributed by atoms with Crippen LogP contribution in [0.2, 0.25) is 0 Å². The highest BCUT2D eigenvalue weighted by molar-refractivity contribution is 5.14. The number of aliphatic hydroxyl groups is 1. The zero-order valence-electron chi connectivity index (χ0n) is 8.69. The molecule has 76 valence electrons. The maximum absolute atomic E-state index is 9.55. The maximum Gasteiger partial charge on any atom is 0.0724 e. The van der Waals surface area contributed by atoms with Crippen molar-refractivity contribution in [3.8, 4) is 0 Å². The van der Waals surface area contributed by atoms with E-state index in [0.29, 0.717) is 0 Å². The quantitative estimate of drug-likeness (QED) is 0.708. The number of benzene rings is 1. The Hall–Kier alpha value is -1.08. The minimum absolute atomic E-state index is 0.296. The molecule has 1 rings (SSSR count). The molecule has 1 aromatic rings. The van der Waals surface area contributed by atoms with E-state index in [1.165, 1.54) is 5.56 Å². The van der Waals surface area contributed by atoms with Crippen LogP contribution in [0.25, 0.3) is 0 Å². The molecule has 1 heteroatoms. The lowest BCUT2D eigenvalue weighted by molar-refractivity contribution is 0.213. The van der Waals surface area contributed by atoms with Crippen molar-refractivity contribution >= 4 is 0 Å². The van der Waals surface area contributed by atoms with E-state index in [4.69, 9.17) is 0 Å². The van der Waals surface area contributed by atoms with Gasteiger partial charge in [0.1, 0.15) is 0 Å². The fraction of sp³-hybridized carbons (Fsp3) is 0.385. The van der Waals surface area contributed by atoms with Gasteiger partial charge in [-0.2, -0.15) is 0 Å². The number of rotatable bonds is 5. The molecule has 1 unspecified atom stereocenters. The zero-order chi connectivity index (χ0) is 10.2. The Kier molecular flexibility index (Phi) is 5.02. The molecule has 0 radical (unpaired) electrons. The molecule has 0 aliphatic heterocycles. The fourth-order valence-electron chi connectivity index (χ4n) is 1.35. The third-order valence-electron chi connectivity index (χ3n) is 2.17. The first kappa shape index (κ1) is 11.0. The molecule has 1 aromatic carbocycles. The minimum Gasteiger partial charge on any atom is -0.389 e. The second kappa shape index (κ2) is 6.39. The average Bonchev–Trinajstić information content (AvgIpc) is 2.25. The summed E-state index contributed by atoms with van der Waals surface area (Å²) in [6.45, 7) is 2.07. The van der Waals surface area contributed by atoms with E-state index < -0.39 is 0 Å². The molecule has 0 heterocycles. The van der Waals surface area contributed by atoms with Crippen LogP contribution in [0.5, 0.6) is 0 Å². The van der Waals surface area contributed by atoms with Crippen LogP contribution in [0.3, 0.4) is 0 Å². The zero-order valence-corrected chi connectivity index (χ0v) is 8.69. The van der Waals surface area contributed by atoms with Crippen LogP contribution in [0.15, 0.2) is 42.5 Å². The van der Waals surface area contributed by atoms with Gasteiger partial charge in [0.15, 0.2) is 0 Å². The molecular formula is C13H18O. The van der Waals surface area contributed by atoms with Crippen LogP contribution in [0, 0.1) is 0 Å². The Morgan fingerprint density at radius 1 is 1.29 bits per heavy atom. The monoisotopic (exact) mass is 190 g/mol. The Bertz CT molecular complexity index is 264. The summed E-state index contributed by atoms with van der Waals surface area (Å²) >= 11 is 0. The smallest absolute Gasteiger partial charge is 0.0724 e. The topological polar surface area (TPSA) is 20.2 Å². The van der Waals surface area contributed by atoms with E-state index in [-0.39, 0.29) is 6.10 Å². The fourth-order valence-corrected chi connectivity index (χ4v) is 1.35. The van der Waals surface area contributed by atoms with Crippen molar-refractivity contribution in [1.82, 2.24) is 0 Å². The average molecular weight is 190 g/mol. The lowest BCUT2D eigenvalue weighted by atomic mass is 10.1. The molecule has 0 spiro atoms. The predicted octanol–water partition coefficient (Wildman–Crippen LogP) is 2.95. The van der Waals surface area contributed by atoms with Gasteiger partial charge in [0.2, 0.25) is 0 Å². The lowest BCUT2D eigenvalue weighted by Gasteiger charge is -2.04. The second-order valence-electron chi connectivity index (χ2n) is 3.43. The summed E-state index contributed by atoms with van der Waals surface area (Å²) < 4.78 is 0. The molecule has 1 N–H and O–H groups in total. The molecule has 1 atom stereocenters. The van der Waals surface area contributed by atoms with E-state index in [1.807, 2.05) is 30.4 Å². The van der Waals surface area contributed by atoms with Crippen LogP contribution in [-0.2, 0) is 6.42 Å². The highest BCUT2D eigenvalue weighted by atomic mass is 16.3. The Labute approximate surface area is 86.1 Å². The minimum atomic E-state index is -0.296. The van der Waals surface area contributed by atoms with Crippen molar-refractivity contribution in [2.75, 3.05) is 0 Å². The van der Waals surface area contributed by atoms with Crippen LogP contribution < -0.4 is 0 Å². The predicted molar refractivity (Wildman–Crippen MR) is 60.2 cm³/mol. The standard InChI is InChI=1S/C13H18O/c1-2-3-9-13(14)11-10-12-7-5-4-6-8-12/h3-9,13-14H,2,10-11H2,1H3/b9-3+. The van der Waals surface area contributed by atoms with E-state index in [9.17, 15) is 5.11 Å². The normalized spacial score (nSPS) is 13.3.